The Labute approximate surface area is 76.1 Å². The smallest absolute Gasteiger partial charge is 0.241 e. The van der Waals surface area contributed by atoms with Crippen LogP contribution in [0, 0.1) is 0 Å². The van der Waals surface area contributed by atoms with Crippen LogP contribution in [-0.4, -0.2) is 27.9 Å². The number of likely N-dealkylation sites (N-methyl/N-ethyl adjacent to an activating group) is 1. The van der Waals surface area contributed by atoms with Gasteiger partial charge in [0.25, 0.3) is 0 Å². The van der Waals surface area contributed by atoms with Crippen molar-refractivity contribution in [3.05, 3.63) is 11.9 Å². The normalized spacial score (nSPS) is 12.5. The van der Waals surface area contributed by atoms with Gasteiger partial charge >= 0.3 is 0 Å². The maximum absolute atomic E-state index is 10.9. The van der Waals surface area contributed by atoms with Crippen LogP contribution in [-0.2, 0) is 11.3 Å². The molecule has 0 saturated heterocycles. The van der Waals surface area contributed by atoms with Crippen molar-refractivity contribution in [3.8, 4) is 0 Å². The second-order valence-corrected chi connectivity index (χ2v) is 2.80. The van der Waals surface area contributed by atoms with Gasteiger partial charge in [0.15, 0.2) is 0 Å². The summed E-state index contributed by atoms with van der Waals surface area (Å²) in [5.74, 6) is -0.110. The molecule has 0 radical (unpaired) electrons. The zero-order valence-corrected chi connectivity index (χ0v) is 7.69. The van der Waals surface area contributed by atoms with Gasteiger partial charge in [-0.3, -0.25) is 4.79 Å². The first-order valence-corrected chi connectivity index (χ1v) is 3.99. The summed E-state index contributed by atoms with van der Waals surface area (Å²) >= 11 is 0. The van der Waals surface area contributed by atoms with E-state index in [2.05, 4.69) is 15.6 Å². The van der Waals surface area contributed by atoms with Gasteiger partial charge in [-0.25, -0.2) is 4.68 Å². The lowest BCUT2D eigenvalue weighted by molar-refractivity contribution is -0.121. The van der Waals surface area contributed by atoms with Crippen LogP contribution in [0.5, 0.6) is 0 Å². The van der Waals surface area contributed by atoms with E-state index in [1.807, 2.05) is 6.92 Å². The van der Waals surface area contributed by atoms with Gasteiger partial charge in [0.2, 0.25) is 5.91 Å². The Morgan fingerprint density at radius 2 is 2.54 bits per heavy atom. The summed E-state index contributed by atoms with van der Waals surface area (Å²) in [6.45, 7) is 1.99. The molecule has 0 saturated carbocycles. The highest BCUT2D eigenvalue weighted by atomic mass is 16.1. The van der Waals surface area contributed by atoms with E-state index < -0.39 is 0 Å². The lowest BCUT2D eigenvalue weighted by atomic mass is 10.3. The predicted octanol–water partition coefficient (Wildman–Crippen LogP) is -0.956. The summed E-state index contributed by atoms with van der Waals surface area (Å²) in [7, 11) is 1.58. The third-order valence-corrected chi connectivity index (χ3v) is 1.61. The molecule has 72 valence electrons. The zero-order valence-electron chi connectivity index (χ0n) is 7.69. The highest BCUT2D eigenvalue weighted by molar-refractivity contribution is 5.75. The first kappa shape index (κ1) is 9.66. The number of aromatic nitrogens is 3. The number of carbonyl (C=O) groups is 1. The van der Waals surface area contributed by atoms with Crippen molar-refractivity contribution >= 4 is 5.91 Å². The van der Waals surface area contributed by atoms with Crippen molar-refractivity contribution in [2.24, 2.45) is 5.73 Å². The van der Waals surface area contributed by atoms with E-state index >= 15 is 0 Å². The van der Waals surface area contributed by atoms with E-state index in [-0.39, 0.29) is 18.5 Å². The van der Waals surface area contributed by atoms with E-state index in [0.29, 0.717) is 5.69 Å². The molecule has 0 aliphatic heterocycles. The van der Waals surface area contributed by atoms with E-state index in [4.69, 9.17) is 5.73 Å². The van der Waals surface area contributed by atoms with Gasteiger partial charge in [-0.15, -0.1) is 5.10 Å². The number of nitrogens with two attached hydrogens (primary N) is 1. The largest absolute Gasteiger partial charge is 0.358 e. The molecule has 1 atom stereocenters. The molecule has 0 bridgehead atoms. The Hall–Kier alpha value is -1.43. The van der Waals surface area contributed by atoms with Crippen LogP contribution < -0.4 is 11.1 Å². The number of nitrogens with one attached hydrogen (secondary N) is 1. The average Bonchev–Trinajstić information content (AvgIpc) is 2.52. The van der Waals surface area contributed by atoms with Gasteiger partial charge in [-0.2, -0.15) is 0 Å². The van der Waals surface area contributed by atoms with Crippen LogP contribution >= 0.6 is 0 Å². The van der Waals surface area contributed by atoms with Crippen molar-refractivity contribution in [3.63, 3.8) is 0 Å². The highest BCUT2D eigenvalue weighted by Gasteiger charge is 2.06. The minimum atomic E-state index is -0.154. The second-order valence-electron chi connectivity index (χ2n) is 2.80. The van der Waals surface area contributed by atoms with Gasteiger partial charge in [-0.1, -0.05) is 5.21 Å². The monoisotopic (exact) mass is 183 g/mol. The standard InChI is InChI=1S/C7H13N5O/c1-5(8)6-3-12(11-10-6)4-7(13)9-2/h3,5H,4,8H2,1-2H3,(H,9,13)/t5-/m0/s1. The number of carbonyl (C=O) groups excluding carboxylic acids is 1. The predicted molar refractivity (Wildman–Crippen MR) is 46.7 cm³/mol. The summed E-state index contributed by atoms with van der Waals surface area (Å²) in [4.78, 5) is 10.9. The topological polar surface area (TPSA) is 85.8 Å². The zero-order chi connectivity index (χ0) is 9.84. The molecular formula is C7H13N5O. The third-order valence-electron chi connectivity index (χ3n) is 1.61. The second kappa shape index (κ2) is 3.99. The fraction of sp³-hybridized carbons (Fsp3) is 0.571. The van der Waals surface area contributed by atoms with E-state index in [9.17, 15) is 4.79 Å². The lowest BCUT2D eigenvalue weighted by Crippen LogP contribution is -2.23. The fourth-order valence-corrected chi connectivity index (χ4v) is 0.825. The summed E-state index contributed by atoms with van der Waals surface area (Å²) in [5, 5.41) is 10.1. The highest BCUT2D eigenvalue weighted by Crippen LogP contribution is 2.02. The molecule has 0 aromatic carbocycles. The van der Waals surface area contributed by atoms with Crippen LogP contribution in [0.1, 0.15) is 18.7 Å². The van der Waals surface area contributed by atoms with Crippen molar-refractivity contribution in [1.29, 1.82) is 0 Å². The number of nitrogens with zero attached hydrogens (tertiary/aromatic N) is 3. The summed E-state index contributed by atoms with van der Waals surface area (Å²) in [5.41, 5.74) is 6.26. The molecule has 6 nitrogen and oxygen atoms in total. The van der Waals surface area contributed by atoms with E-state index in [1.165, 1.54) is 4.68 Å². The van der Waals surface area contributed by atoms with Crippen molar-refractivity contribution in [1.82, 2.24) is 20.3 Å². The minimum absolute atomic E-state index is 0.110. The lowest BCUT2D eigenvalue weighted by Gasteiger charge is -1.98. The molecule has 1 heterocycles. The molecule has 1 aromatic heterocycles. The maximum atomic E-state index is 10.9. The molecule has 3 N–H and O–H groups in total. The number of rotatable bonds is 3. The van der Waals surface area contributed by atoms with Gasteiger partial charge in [-0.05, 0) is 6.92 Å². The van der Waals surface area contributed by atoms with Crippen LogP contribution in [0.3, 0.4) is 0 Å². The summed E-state index contributed by atoms with van der Waals surface area (Å²) in [6.07, 6.45) is 1.67. The first-order chi connectivity index (χ1) is 6.13. The molecule has 0 aliphatic carbocycles. The molecule has 0 spiro atoms. The molecule has 6 heteroatoms. The van der Waals surface area contributed by atoms with Crippen LogP contribution in [0.15, 0.2) is 6.20 Å². The van der Waals surface area contributed by atoms with Crippen LogP contribution in [0.4, 0.5) is 0 Å². The summed E-state index contributed by atoms with van der Waals surface area (Å²) in [6, 6.07) is -0.154. The number of hydrogen-bond donors (Lipinski definition) is 2. The van der Waals surface area contributed by atoms with Gasteiger partial charge in [0, 0.05) is 13.1 Å². The van der Waals surface area contributed by atoms with Crippen molar-refractivity contribution < 1.29 is 4.79 Å². The Bertz CT molecular complexity index is 293. The molecule has 0 aliphatic rings. The van der Waals surface area contributed by atoms with Gasteiger partial charge < -0.3 is 11.1 Å². The number of hydrogen-bond acceptors (Lipinski definition) is 4. The molecule has 1 rings (SSSR count). The number of amides is 1. The quantitative estimate of drug-likeness (QED) is 0.632. The Kier molecular flexibility index (Phi) is 2.97. The van der Waals surface area contributed by atoms with E-state index in [0.717, 1.165) is 0 Å². The maximum Gasteiger partial charge on any atom is 0.241 e. The molecule has 0 fully saturated rings. The Morgan fingerprint density at radius 3 is 3.00 bits per heavy atom. The first-order valence-electron chi connectivity index (χ1n) is 3.99. The molecule has 0 unspecified atom stereocenters. The van der Waals surface area contributed by atoms with Gasteiger partial charge in [0.1, 0.15) is 6.54 Å². The van der Waals surface area contributed by atoms with Crippen LogP contribution in [0.25, 0.3) is 0 Å². The van der Waals surface area contributed by atoms with Crippen molar-refractivity contribution in [2.75, 3.05) is 7.05 Å². The average molecular weight is 183 g/mol. The summed E-state index contributed by atoms with van der Waals surface area (Å²) < 4.78 is 1.46. The van der Waals surface area contributed by atoms with E-state index in [1.54, 1.807) is 13.2 Å². The Morgan fingerprint density at radius 1 is 1.85 bits per heavy atom. The molecule has 1 aromatic rings. The van der Waals surface area contributed by atoms with Gasteiger partial charge in [0.05, 0.1) is 11.9 Å². The Balaban J connectivity index is 2.64. The third kappa shape index (κ3) is 2.51. The van der Waals surface area contributed by atoms with Crippen molar-refractivity contribution in [2.45, 2.75) is 19.5 Å². The van der Waals surface area contributed by atoms with Crippen LogP contribution in [0.2, 0.25) is 0 Å². The fourth-order valence-electron chi connectivity index (χ4n) is 0.825. The molecule has 13 heavy (non-hydrogen) atoms. The molecular weight excluding hydrogens is 170 g/mol. The minimum Gasteiger partial charge on any atom is -0.358 e. The molecule has 1 amide bonds. The SMILES string of the molecule is CNC(=O)Cn1cc([C@H](C)N)nn1.